The third-order valence-electron chi connectivity index (χ3n) is 5.89. The van der Waals surface area contributed by atoms with Crippen LogP contribution in [0.5, 0.6) is 0 Å². The number of pyridine rings is 1. The lowest BCUT2D eigenvalue weighted by Gasteiger charge is -2.54. The van der Waals surface area contributed by atoms with Crippen LogP contribution < -0.4 is 10.6 Å². The third-order valence-corrected chi connectivity index (χ3v) is 6.19. The Morgan fingerprint density at radius 3 is 3.08 bits per heavy atom. The van der Waals surface area contributed by atoms with Crippen molar-refractivity contribution in [2.45, 2.75) is 37.8 Å². The van der Waals surface area contributed by atoms with Crippen LogP contribution in [0.25, 0.3) is 0 Å². The molecule has 3 saturated heterocycles. The molecule has 0 aliphatic carbocycles. The summed E-state index contributed by atoms with van der Waals surface area (Å²) in [5.74, 6) is 0.975. The van der Waals surface area contributed by atoms with E-state index in [0.717, 1.165) is 32.4 Å². The number of piperidine rings is 3. The van der Waals surface area contributed by atoms with Crippen molar-refractivity contribution in [3.8, 4) is 0 Å². The van der Waals surface area contributed by atoms with Crippen LogP contribution in [-0.4, -0.2) is 53.4 Å². The van der Waals surface area contributed by atoms with Crippen LogP contribution in [0.4, 0.5) is 0 Å². The number of amides is 2. The maximum atomic E-state index is 12.6. The SMILES string of the molecule is O=C(NC[C@H]1[C@@H]2CNC[C@@H](C2)[C@@H]2CCCC(=O)N21)c1ccncc1Cl. The summed E-state index contributed by atoms with van der Waals surface area (Å²) in [4.78, 5) is 31.1. The van der Waals surface area contributed by atoms with Gasteiger partial charge in [0.05, 0.1) is 16.6 Å². The smallest absolute Gasteiger partial charge is 0.252 e. The summed E-state index contributed by atoms with van der Waals surface area (Å²) in [5.41, 5.74) is 0.425. The van der Waals surface area contributed by atoms with E-state index in [1.807, 2.05) is 0 Å². The minimum atomic E-state index is -0.209. The first kappa shape index (κ1) is 16.8. The molecule has 3 aliphatic heterocycles. The molecule has 3 fully saturated rings. The normalized spacial score (nSPS) is 31.4. The molecular formula is C18H23ClN4O2. The standard InChI is InChI=1S/C18H23ClN4O2/c19-14-9-20-5-4-13(14)18(25)22-10-16-12-6-11(7-21-8-12)15-2-1-3-17(24)23(15)16/h4-5,9,11-12,15-16,21H,1-3,6-8,10H2,(H,22,25)/t11-,12+,15+,16+/m1/s1. The van der Waals surface area contributed by atoms with E-state index in [1.54, 1.807) is 12.3 Å². The zero-order chi connectivity index (χ0) is 17.4. The number of aromatic nitrogens is 1. The average molecular weight is 363 g/mol. The first-order chi connectivity index (χ1) is 12.1. The molecule has 0 aromatic carbocycles. The van der Waals surface area contributed by atoms with Gasteiger partial charge in [0.25, 0.3) is 5.91 Å². The Kier molecular flexibility index (Phi) is 4.65. The van der Waals surface area contributed by atoms with E-state index in [-0.39, 0.29) is 17.9 Å². The van der Waals surface area contributed by atoms with Gasteiger partial charge in [-0.1, -0.05) is 11.6 Å². The van der Waals surface area contributed by atoms with Crippen molar-refractivity contribution in [3.05, 3.63) is 29.0 Å². The van der Waals surface area contributed by atoms with Crippen LogP contribution >= 0.6 is 11.6 Å². The predicted octanol–water partition coefficient (Wildman–Crippen LogP) is 1.45. The average Bonchev–Trinajstić information content (AvgIpc) is 2.62. The van der Waals surface area contributed by atoms with E-state index in [0.29, 0.717) is 41.4 Å². The Labute approximate surface area is 152 Å². The van der Waals surface area contributed by atoms with Crippen molar-refractivity contribution in [1.82, 2.24) is 20.5 Å². The monoisotopic (exact) mass is 362 g/mol. The molecule has 4 rings (SSSR count). The minimum Gasteiger partial charge on any atom is -0.350 e. The number of nitrogens with zero attached hydrogens (tertiary/aromatic N) is 2. The molecule has 0 unspecified atom stereocenters. The van der Waals surface area contributed by atoms with Gasteiger partial charge < -0.3 is 15.5 Å². The molecule has 134 valence electrons. The van der Waals surface area contributed by atoms with Gasteiger partial charge in [-0.3, -0.25) is 14.6 Å². The highest BCUT2D eigenvalue weighted by atomic mass is 35.5. The van der Waals surface area contributed by atoms with Crippen LogP contribution in [0.15, 0.2) is 18.5 Å². The van der Waals surface area contributed by atoms with Crippen LogP contribution in [0.1, 0.15) is 36.0 Å². The van der Waals surface area contributed by atoms with E-state index in [4.69, 9.17) is 11.6 Å². The Morgan fingerprint density at radius 2 is 2.24 bits per heavy atom. The molecule has 0 saturated carbocycles. The van der Waals surface area contributed by atoms with Crippen LogP contribution in [-0.2, 0) is 4.79 Å². The van der Waals surface area contributed by atoms with Gasteiger partial charge in [-0.05, 0) is 43.7 Å². The molecule has 2 N–H and O–H groups in total. The first-order valence-corrected chi connectivity index (χ1v) is 9.42. The number of fused-ring (bicyclic) bond motifs is 4. The lowest BCUT2D eigenvalue weighted by atomic mass is 9.72. The highest BCUT2D eigenvalue weighted by Gasteiger charge is 2.47. The quantitative estimate of drug-likeness (QED) is 0.853. The fourth-order valence-electron chi connectivity index (χ4n) is 4.75. The highest BCUT2D eigenvalue weighted by Crippen LogP contribution is 2.39. The van der Waals surface area contributed by atoms with Gasteiger partial charge in [-0.25, -0.2) is 0 Å². The zero-order valence-electron chi connectivity index (χ0n) is 14.1. The lowest BCUT2D eigenvalue weighted by Crippen LogP contribution is -2.66. The molecule has 4 atom stereocenters. The van der Waals surface area contributed by atoms with Crippen LogP contribution in [0, 0.1) is 11.8 Å². The number of rotatable bonds is 3. The number of hydrogen-bond donors (Lipinski definition) is 2. The lowest BCUT2D eigenvalue weighted by molar-refractivity contribution is -0.148. The van der Waals surface area contributed by atoms with Crippen LogP contribution in [0.3, 0.4) is 0 Å². The fraction of sp³-hybridized carbons (Fsp3) is 0.611. The van der Waals surface area contributed by atoms with Crippen molar-refractivity contribution in [2.75, 3.05) is 19.6 Å². The summed E-state index contributed by atoms with van der Waals surface area (Å²) >= 11 is 6.06. The van der Waals surface area contributed by atoms with Gasteiger partial charge in [0.1, 0.15) is 0 Å². The summed E-state index contributed by atoms with van der Waals surface area (Å²) in [5, 5.41) is 6.85. The summed E-state index contributed by atoms with van der Waals surface area (Å²) in [6, 6.07) is 1.99. The molecule has 1 aromatic rings. The van der Waals surface area contributed by atoms with Gasteiger partial charge >= 0.3 is 0 Å². The maximum absolute atomic E-state index is 12.6. The maximum Gasteiger partial charge on any atom is 0.252 e. The highest BCUT2D eigenvalue weighted by molar-refractivity contribution is 6.33. The van der Waals surface area contributed by atoms with Gasteiger partial charge in [-0.15, -0.1) is 0 Å². The Bertz CT molecular complexity index is 683. The summed E-state index contributed by atoms with van der Waals surface area (Å²) < 4.78 is 0. The molecule has 25 heavy (non-hydrogen) atoms. The van der Waals surface area contributed by atoms with Crippen molar-refractivity contribution in [3.63, 3.8) is 0 Å². The van der Waals surface area contributed by atoms with Gasteiger partial charge in [0.15, 0.2) is 0 Å². The van der Waals surface area contributed by atoms with Gasteiger partial charge in [-0.2, -0.15) is 0 Å². The minimum absolute atomic E-state index is 0.0615. The second kappa shape index (κ2) is 6.92. The summed E-state index contributed by atoms with van der Waals surface area (Å²) in [7, 11) is 0. The molecule has 1 aromatic heterocycles. The number of carbonyl (C=O) groups excluding carboxylic acids is 2. The van der Waals surface area contributed by atoms with Crippen molar-refractivity contribution >= 4 is 23.4 Å². The second-order valence-electron chi connectivity index (χ2n) is 7.31. The topological polar surface area (TPSA) is 74.3 Å². The molecule has 3 aliphatic rings. The molecule has 0 spiro atoms. The number of halogens is 1. The Morgan fingerprint density at radius 1 is 1.40 bits per heavy atom. The van der Waals surface area contributed by atoms with E-state index in [1.165, 1.54) is 6.20 Å². The predicted molar refractivity (Wildman–Crippen MR) is 94.3 cm³/mol. The van der Waals surface area contributed by atoms with Gasteiger partial charge in [0.2, 0.25) is 5.91 Å². The number of hydrogen-bond acceptors (Lipinski definition) is 4. The molecule has 0 radical (unpaired) electrons. The largest absolute Gasteiger partial charge is 0.350 e. The molecule has 7 heteroatoms. The molecular weight excluding hydrogens is 340 g/mol. The van der Waals surface area contributed by atoms with Crippen molar-refractivity contribution < 1.29 is 9.59 Å². The first-order valence-electron chi connectivity index (χ1n) is 9.04. The van der Waals surface area contributed by atoms with E-state index >= 15 is 0 Å². The van der Waals surface area contributed by atoms with Crippen molar-refractivity contribution in [2.24, 2.45) is 11.8 Å². The fourth-order valence-corrected chi connectivity index (χ4v) is 4.95. The molecule has 2 bridgehead atoms. The number of carbonyl (C=O) groups is 2. The third kappa shape index (κ3) is 3.13. The second-order valence-corrected chi connectivity index (χ2v) is 7.71. The Hall–Kier alpha value is -1.66. The molecule has 2 amide bonds. The van der Waals surface area contributed by atoms with E-state index in [9.17, 15) is 9.59 Å². The zero-order valence-corrected chi connectivity index (χ0v) is 14.8. The van der Waals surface area contributed by atoms with Crippen LogP contribution in [0.2, 0.25) is 5.02 Å². The molecule has 6 nitrogen and oxygen atoms in total. The summed E-state index contributed by atoms with van der Waals surface area (Å²) in [6.07, 6.45) is 6.85. The van der Waals surface area contributed by atoms with E-state index in [2.05, 4.69) is 20.5 Å². The van der Waals surface area contributed by atoms with Gasteiger partial charge in [0, 0.05) is 37.9 Å². The Balaban J connectivity index is 1.50. The molecule has 4 heterocycles. The van der Waals surface area contributed by atoms with Crippen molar-refractivity contribution in [1.29, 1.82) is 0 Å². The number of nitrogens with one attached hydrogen (secondary N) is 2. The summed E-state index contributed by atoms with van der Waals surface area (Å²) in [6.45, 7) is 2.37. The van der Waals surface area contributed by atoms with E-state index < -0.39 is 0 Å².